The van der Waals surface area contributed by atoms with E-state index in [4.69, 9.17) is 0 Å². The summed E-state index contributed by atoms with van der Waals surface area (Å²) in [4.78, 5) is 9.90. The van der Waals surface area contributed by atoms with Crippen LogP contribution < -0.4 is 10.6 Å². The standard InChI is InChI=1S/C20H30FN5/c1-22-20(23-9-5-15-7-11-26(2)12-8-15)24-10-6-16-14-25-19-4-3-17(21)13-18(16)19/h3-4,13-15,25H,5-12H2,1-2H3,(H2,22,23,24). The number of hydrogen-bond acceptors (Lipinski definition) is 2. The van der Waals surface area contributed by atoms with E-state index in [2.05, 4.69) is 32.6 Å². The summed E-state index contributed by atoms with van der Waals surface area (Å²) in [5.74, 6) is 1.46. The summed E-state index contributed by atoms with van der Waals surface area (Å²) in [5.41, 5.74) is 2.09. The first-order valence-electron chi connectivity index (χ1n) is 9.54. The molecule has 142 valence electrons. The van der Waals surface area contributed by atoms with Crippen molar-refractivity contribution >= 4 is 16.9 Å². The molecule has 0 bridgehead atoms. The minimum atomic E-state index is -0.197. The molecule has 1 aliphatic rings. The van der Waals surface area contributed by atoms with Crippen molar-refractivity contribution in [2.45, 2.75) is 25.7 Å². The number of aliphatic imine (C=N–C) groups is 1. The highest BCUT2D eigenvalue weighted by molar-refractivity contribution is 5.83. The molecular formula is C20H30FN5. The van der Waals surface area contributed by atoms with Crippen molar-refractivity contribution in [1.82, 2.24) is 20.5 Å². The molecule has 0 radical (unpaired) electrons. The first-order chi connectivity index (χ1) is 12.7. The maximum absolute atomic E-state index is 13.5. The predicted octanol–water partition coefficient (Wildman–Crippen LogP) is 2.75. The van der Waals surface area contributed by atoms with Crippen LogP contribution in [-0.2, 0) is 6.42 Å². The van der Waals surface area contributed by atoms with Crippen molar-refractivity contribution < 1.29 is 4.39 Å². The number of benzene rings is 1. The van der Waals surface area contributed by atoms with Gasteiger partial charge in [-0.25, -0.2) is 4.39 Å². The molecule has 1 aromatic heterocycles. The van der Waals surface area contributed by atoms with Crippen LogP contribution >= 0.6 is 0 Å². The summed E-state index contributed by atoms with van der Waals surface area (Å²) in [7, 11) is 3.99. The molecule has 2 aromatic rings. The summed E-state index contributed by atoms with van der Waals surface area (Å²) in [6, 6.07) is 4.86. The van der Waals surface area contributed by atoms with Crippen molar-refractivity contribution in [3.63, 3.8) is 0 Å². The molecule has 1 aromatic carbocycles. The SMILES string of the molecule is CN=C(NCCc1c[nH]c2ccc(F)cc12)NCCC1CCN(C)CC1. The summed E-state index contributed by atoms with van der Waals surface area (Å²) < 4.78 is 13.5. The highest BCUT2D eigenvalue weighted by Crippen LogP contribution is 2.20. The van der Waals surface area contributed by atoms with Gasteiger partial charge in [-0.15, -0.1) is 0 Å². The minimum absolute atomic E-state index is 0.197. The maximum atomic E-state index is 13.5. The van der Waals surface area contributed by atoms with Crippen LogP contribution in [0.3, 0.4) is 0 Å². The molecule has 3 rings (SSSR count). The van der Waals surface area contributed by atoms with Gasteiger partial charge < -0.3 is 20.5 Å². The Labute approximate surface area is 155 Å². The Balaban J connectivity index is 1.40. The molecule has 0 atom stereocenters. The molecule has 0 spiro atoms. The molecule has 0 amide bonds. The van der Waals surface area contributed by atoms with Crippen LogP contribution in [0.2, 0.25) is 0 Å². The summed E-state index contributed by atoms with van der Waals surface area (Å²) in [6.07, 6.45) is 6.56. The first-order valence-corrected chi connectivity index (χ1v) is 9.54. The Morgan fingerprint density at radius 3 is 2.81 bits per heavy atom. The quantitative estimate of drug-likeness (QED) is 0.549. The molecule has 5 nitrogen and oxygen atoms in total. The van der Waals surface area contributed by atoms with E-state index in [9.17, 15) is 4.39 Å². The molecule has 0 unspecified atom stereocenters. The largest absolute Gasteiger partial charge is 0.361 e. The third-order valence-corrected chi connectivity index (χ3v) is 5.32. The number of fused-ring (bicyclic) bond motifs is 1. The van der Waals surface area contributed by atoms with Crippen LogP contribution in [0.25, 0.3) is 10.9 Å². The summed E-state index contributed by atoms with van der Waals surface area (Å²) in [5, 5.41) is 7.72. The second kappa shape index (κ2) is 9.03. The van der Waals surface area contributed by atoms with Crippen LogP contribution in [0.15, 0.2) is 29.4 Å². The first kappa shape index (κ1) is 18.7. The molecule has 2 heterocycles. The molecule has 26 heavy (non-hydrogen) atoms. The van der Waals surface area contributed by atoms with Crippen LogP contribution in [-0.4, -0.2) is 56.1 Å². The molecular weight excluding hydrogens is 329 g/mol. The number of likely N-dealkylation sites (tertiary alicyclic amines) is 1. The average Bonchev–Trinajstić information content (AvgIpc) is 3.04. The van der Waals surface area contributed by atoms with E-state index in [1.165, 1.54) is 38.4 Å². The normalized spacial score (nSPS) is 17.0. The van der Waals surface area contributed by atoms with Gasteiger partial charge in [-0.3, -0.25) is 4.99 Å². The van der Waals surface area contributed by atoms with Gasteiger partial charge in [-0.05, 0) is 75.5 Å². The Morgan fingerprint density at radius 2 is 2.04 bits per heavy atom. The number of guanidine groups is 1. The zero-order valence-corrected chi connectivity index (χ0v) is 15.8. The number of aromatic amines is 1. The number of aromatic nitrogens is 1. The average molecular weight is 359 g/mol. The number of nitrogens with zero attached hydrogens (tertiary/aromatic N) is 2. The van der Waals surface area contributed by atoms with E-state index in [1.54, 1.807) is 19.2 Å². The Bertz CT molecular complexity index is 731. The van der Waals surface area contributed by atoms with Crippen molar-refractivity contribution in [3.05, 3.63) is 35.8 Å². The predicted molar refractivity (Wildman–Crippen MR) is 106 cm³/mol. The van der Waals surface area contributed by atoms with Gasteiger partial charge in [0.1, 0.15) is 5.82 Å². The van der Waals surface area contributed by atoms with E-state index in [0.29, 0.717) is 0 Å². The van der Waals surface area contributed by atoms with E-state index < -0.39 is 0 Å². The highest BCUT2D eigenvalue weighted by Gasteiger charge is 2.16. The fraction of sp³-hybridized carbons (Fsp3) is 0.550. The lowest BCUT2D eigenvalue weighted by Gasteiger charge is -2.29. The summed E-state index contributed by atoms with van der Waals surface area (Å²) >= 11 is 0. The maximum Gasteiger partial charge on any atom is 0.190 e. The van der Waals surface area contributed by atoms with Crippen molar-refractivity contribution in [2.75, 3.05) is 40.3 Å². The Morgan fingerprint density at radius 1 is 1.27 bits per heavy atom. The molecule has 0 aliphatic carbocycles. The molecule has 1 aliphatic heterocycles. The van der Waals surface area contributed by atoms with Gasteiger partial charge in [0.05, 0.1) is 0 Å². The topological polar surface area (TPSA) is 55.5 Å². The number of piperidine rings is 1. The van der Waals surface area contributed by atoms with E-state index in [0.717, 1.165) is 47.9 Å². The van der Waals surface area contributed by atoms with E-state index >= 15 is 0 Å². The van der Waals surface area contributed by atoms with Crippen LogP contribution in [0, 0.1) is 11.7 Å². The number of halogens is 1. The fourth-order valence-corrected chi connectivity index (χ4v) is 3.64. The van der Waals surface area contributed by atoms with Crippen LogP contribution in [0.1, 0.15) is 24.8 Å². The lowest BCUT2D eigenvalue weighted by atomic mass is 9.94. The van der Waals surface area contributed by atoms with Gasteiger partial charge in [0.25, 0.3) is 0 Å². The lowest BCUT2D eigenvalue weighted by molar-refractivity contribution is 0.213. The number of nitrogens with one attached hydrogen (secondary N) is 3. The minimum Gasteiger partial charge on any atom is -0.361 e. The van der Waals surface area contributed by atoms with Crippen molar-refractivity contribution in [1.29, 1.82) is 0 Å². The Hall–Kier alpha value is -2.08. The number of H-pyrrole nitrogens is 1. The van der Waals surface area contributed by atoms with Gasteiger partial charge in [-0.2, -0.15) is 0 Å². The van der Waals surface area contributed by atoms with Crippen molar-refractivity contribution in [2.24, 2.45) is 10.9 Å². The second-order valence-electron chi connectivity index (χ2n) is 7.21. The van der Waals surface area contributed by atoms with Gasteiger partial charge in [0.15, 0.2) is 5.96 Å². The third kappa shape index (κ3) is 4.97. The van der Waals surface area contributed by atoms with Crippen LogP contribution in [0.5, 0.6) is 0 Å². The van der Waals surface area contributed by atoms with E-state index in [-0.39, 0.29) is 5.82 Å². The lowest BCUT2D eigenvalue weighted by Crippen LogP contribution is -2.39. The molecule has 1 fully saturated rings. The van der Waals surface area contributed by atoms with Crippen LogP contribution in [0.4, 0.5) is 4.39 Å². The van der Waals surface area contributed by atoms with E-state index in [1.807, 2.05) is 6.20 Å². The number of hydrogen-bond donors (Lipinski definition) is 3. The monoisotopic (exact) mass is 359 g/mol. The third-order valence-electron chi connectivity index (χ3n) is 5.32. The zero-order valence-electron chi connectivity index (χ0n) is 15.8. The van der Waals surface area contributed by atoms with Gasteiger partial charge >= 0.3 is 0 Å². The van der Waals surface area contributed by atoms with Crippen molar-refractivity contribution in [3.8, 4) is 0 Å². The van der Waals surface area contributed by atoms with Gasteiger partial charge in [-0.1, -0.05) is 0 Å². The highest BCUT2D eigenvalue weighted by atomic mass is 19.1. The fourth-order valence-electron chi connectivity index (χ4n) is 3.64. The zero-order chi connectivity index (χ0) is 18.4. The Kier molecular flexibility index (Phi) is 6.50. The number of rotatable bonds is 6. The van der Waals surface area contributed by atoms with Gasteiger partial charge in [0.2, 0.25) is 0 Å². The summed E-state index contributed by atoms with van der Waals surface area (Å²) in [6.45, 7) is 4.13. The second-order valence-corrected chi connectivity index (χ2v) is 7.21. The molecule has 6 heteroatoms. The molecule has 0 saturated carbocycles. The smallest absolute Gasteiger partial charge is 0.190 e. The van der Waals surface area contributed by atoms with Gasteiger partial charge in [0, 0.05) is 37.2 Å². The molecule has 1 saturated heterocycles. The molecule has 3 N–H and O–H groups in total.